The number of hydrogen-bond donors (Lipinski definition) is 1. The molecule has 0 saturated heterocycles. The molecule has 5 heteroatoms. The number of rotatable bonds is 2. The van der Waals surface area contributed by atoms with Crippen molar-refractivity contribution in [2.45, 2.75) is 19.3 Å². The molecule has 0 aliphatic heterocycles. The summed E-state index contributed by atoms with van der Waals surface area (Å²) < 4.78 is 5.29. The Morgan fingerprint density at radius 1 is 1.00 bits per heavy atom. The number of carbonyl (C=O) groups is 1. The van der Waals surface area contributed by atoms with E-state index in [-0.39, 0.29) is 0 Å². The van der Waals surface area contributed by atoms with Gasteiger partial charge in [0.05, 0.1) is 10.0 Å². The summed E-state index contributed by atoms with van der Waals surface area (Å²) in [4.78, 5) is 11.9. The molecule has 2 aromatic carbocycles. The quantitative estimate of drug-likeness (QED) is 0.836. The summed E-state index contributed by atoms with van der Waals surface area (Å²) in [5.41, 5.74) is 3.14. The molecule has 2 aromatic rings. The summed E-state index contributed by atoms with van der Waals surface area (Å²) >= 11 is 11.7. The Kier molecular flexibility index (Phi) is 4.04. The Morgan fingerprint density at radius 2 is 1.81 bits per heavy atom. The third kappa shape index (κ3) is 3.31. The number of fused-ring (bicyclic) bond motifs is 1. The fourth-order valence-electron chi connectivity index (χ4n) is 2.44. The van der Waals surface area contributed by atoms with Gasteiger partial charge in [-0.1, -0.05) is 29.3 Å². The standard InChI is InChI=1S/C16H13Cl2NO2/c17-14-7-5-12(9-15(14)18)19-16(20)21-13-6-4-10-2-1-3-11(10)8-13/h4-9H,1-3H2,(H,19,20). The maximum absolute atomic E-state index is 11.9. The Hall–Kier alpha value is -1.71. The number of nitrogens with one attached hydrogen (secondary N) is 1. The normalized spacial score (nSPS) is 12.9. The van der Waals surface area contributed by atoms with Crippen molar-refractivity contribution in [3.8, 4) is 5.75 Å². The van der Waals surface area contributed by atoms with Gasteiger partial charge in [-0.15, -0.1) is 0 Å². The van der Waals surface area contributed by atoms with Crippen LogP contribution in [0.1, 0.15) is 17.5 Å². The lowest BCUT2D eigenvalue weighted by atomic mass is 10.1. The van der Waals surface area contributed by atoms with Crippen LogP contribution in [-0.2, 0) is 12.8 Å². The number of carbonyl (C=O) groups excluding carboxylic acids is 1. The molecule has 0 spiro atoms. The van der Waals surface area contributed by atoms with Crippen LogP contribution in [0.2, 0.25) is 10.0 Å². The van der Waals surface area contributed by atoms with Gasteiger partial charge < -0.3 is 4.74 Å². The summed E-state index contributed by atoms with van der Waals surface area (Å²) in [6, 6.07) is 10.6. The summed E-state index contributed by atoms with van der Waals surface area (Å²) in [5.74, 6) is 0.549. The van der Waals surface area contributed by atoms with Crippen LogP contribution >= 0.6 is 23.2 Å². The smallest absolute Gasteiger partial charge is 0.410 e. The fraction of sp³-hybridized carbons (Fsp3) is 0.188. The Bertz CT molecular complexity index is 701. The lowest BCUT2D eigenvalue weighted by Gasteiger charge is -2.08. The van der Waals surface area contributed by atoms with Gasteiger partial charge in [0.2, 0.25) is 0 Å². The van der Waals surface area contributed by atoms with Crippen molar-refractivity contribution in [3.05, 3.63) is 57.6 Å². The van der Waals surface area contributed by atoms with Gasteiger partial charge in [0.15, 0.2) is 0 Å². The van der Waals surface area contributed by atoms with Crippen molar-refractivity contribution < 1.29 is 9.53 Å². The molecular formula is C16H13Cl2NO2. The highest BCUT2D eigenvalue weighted by Gasteiger charge is 2.13. The maximum atomic E-state index is 11.9. The average Bonchev–Trinajstić information content (AvgIpc) is 2.90. The maximum Gasteiger partial charge on any atom is 0.417 e. The van der Waals surface area contributed by atoms with Crippen LogP contribution in [0.5, 0.6) is 5.75 Å². The van der Waals surface area contributed by atoms with E-state index in [2.05, 4.69) is 5.32 Å². The van der Waals surface area contributed by atoms with Crippen LogP contribution in [0.4, 0.5) is 10.5 Å². The highest BCUT2D eigenvalue weighted by atomic mass is 35.5. The van der Waals surface area contributed by atoms with E-state index in [0.29, 0.717) is 21.5 Å². The van der Waals surface area contributed by atoms with Crippen LogP contribution in [0.15, 0.2) is 36.4 Å². The van der Waals surface area contributed by atoms with Gasteiger partial charge in [-0.05, 0) is 60.7 Å². The molecule has 0 aromatic heterocycles. The SMILES string of the molecule is O=C(Nc1ccc(Cl)c(Cl)c1)Oc1ccc2c(c1)CCC2. The predicted octanol–water partition coefficient (Wildman–Crippen LogP) is 5.09. The van der Waals surface area contributed by atoms with Gasteiger partial charge >= 0.3 is 6.09 Å². The highest BCUT2D eigenvalue weighted by Crippen LogP contribution is 2.27. The van der Waals surface area contributed by atoms with Crippen molar-refractivity contribution in [1.29, 1.82) is 0 Å². The average molecular weight is 322 g/mol. The summed E-state index contributed by atoms with van der Waals surface area (Å²) in [6.45, 7) is 0. The molecule has 0 atom stereocenters. The van der Waals surface area contributed by atoms with Gasteiger partial charge in [0.1, 0.15) is 5.75 Å². The Labute approximate surface area is 132 Å². The predicted molar refractivity (Wildman–Crippen MR) is 84.6 cm³/mol. The summed E-state index contributed by atoms with van der Waals surface area (Å²) in [5, 5.41) is 3.44. The van der Waals surface area contributed by atoms with Crippen molar-refractivity contribution >= 4 is 35.0 Å². The molecule has 1 amide bonds. The number of aryl methyl sites for hydroxylation is 2. The van der Waals surface area contributed by atoms with Crippen LogP contribution in [0.25, 0.3) is 0 Å². The van der Waals surface area contributed by atoms with Crippen molar-refractivity contribution in [3.63, 3.8) is 0 Å². The van der Waals surface area contributed by atoms with Crippen LogP contribution in [0, 0.1) is 0 Å². The minimum Gasteiger partial charge on any atom is -0.410 e. The third-order valence-electron chi connectivity index (χ3n) is 3.45. The van der Waals surface area contributed by atoms with E-state index in [1.807, 2.05) is 18.2 Å². The number of amides is 1. The van der Waals surface area contributed by atoms with Gasteiger partial charge in [-0.2, -0.15) is 0 Å². The molecule has 1 aliphatic rings. The van der Waals surface area contributed by atoms with Crippen LogP contribution in [-0.4, -0.2) is 6.09 Å². The molecule has 3 nitrogen and oxygen atoms in total. The number of anilines is 1. The zero-order valence-corrected chi connectivity index (χ0v) is 12.7. The summed E-state index contributed by atoms with van der Waals surface area (Å²) in [7, 11) is 0. The molecule has 0 radical (unpaired) electrons. The van der Waals surface area contributed by atoms with Crippen molar-refractivity contribution in [2.75, 3.05) is 5.32 Å². The highest BCUT2D eigenvalue weighted by molar-refractivity contribution is 6.42. The van der Waals surface area contributed by atoms with Gasteiger partial charge in [0.25, 0.3) is 0 Å². The summed E-state index contributed by atoms with van der Waals surface area (Å²) in [6.07, 6.45) is 2.76. The first-order valence-corrected chi connectivity index (χ1v) is 7.43. The molecule has 1 aliphatic carbocycles. The second kappa shape index (κ2) is 5.96. The first-order valence-electron chi connectivity index (χ1n) is 6.67. The molecule has 0 fully saturated rings. The van der Waals surface area contributed by atoms with E-state index >= 15 is 0 Å². The molecular weight excluding hydrogens is 309 g/mol. The minimum absolute atomic E-state index is 0.381. The Balaban J connectivity index is 1.67. The number of halogens is 2. The van der Waals surface area contributed by atoms with E-state index in [1.165, 1.54) is 11.1 Å². The minimum atomic E-state index is -0.550. The van der Waals surface area contributed by atoms with Crippen molar-refractivity contribution in [2.24, 2.45) is 0 Å². The van der Waals surface area contributed by atoms with Crippen molar-refractivity contribution in [1.82, 2.24) is 0 Å². The molecule has 21 heavy (non-hydrogen) atoms. The first kappa shape index (κ1) is 14.2. The third-order valence-corrected chi connectivity index (χ3v) is 4.19. The number of benzene rings is 2. The van der Waals surface area contributed by atoms with Crippen LogP contribution < -0.4 is 10.1 Å². The number of hydrogen-bond acceptors (Lipinski definition) is 2. The molecule has 0 unspecified atom stereocenters. The molecule has 108 valence electrons. The molecule has 3 rings (SSSR count). The van der Waals surface area contributed by atoms with E-state index in [0.717, 1.165) is 19.3 Å². The molecule has 1 N–H and O–H groups in total. The molecule has 0 saturated carbocycles. The number of ether oxygens (including phenoxy) is 1. The zero-order chi connectivity index (χ0) is 14.8. The zero-order valence-electron chi connectivity index (χ0n) is 11.2. The van der Waals surface area contributed by atoms with Gasteiger partial charge in [-0.3, -0.25) is 5.32 Å². The van der Waals surface area contributed by atoms with Gasteiger partial charge in [-0.25, -0.2) is 4.79 Å². The monoisotopic (exact) mass is 321 g/mol. The fourth-order valence-corrected chi connectivity index (χ4v) is 2.73. The molecule has 0 bridgehead atoms. The van der Waals surface area contributed by atoms with E-state index < -0.39 is 6.09 Å². The lowest BCUT2D eigenvalue weighted by Crippen LogP contribution is -2.16. The van der Waals surface area contributed by atoms with E-state index in [4.69, 9.17) is 27.9 Å². The van der Waals surface area contributed by atoms with E-state index in [1.54, 1.807) is 18.2 Å². The lowest BCUT2D eigenvalue weighted by molar-refractivity contribution is 0.215. The first-order chi connectivity index (χ1) is 10.1. The Morgan fingerprint density at radius 3 is 2.62 bits per heavy atom. The van der Waals surface area contributed by atoms with E-state index in [9.17, 15) is 4.79 Å². The molecule has 0 heterocycles. The largest absolute Gasteiger partial charge is 0.417 e. The van der Waals surface area contributed by atoms with Gasteiger partial charge in [0, 0.05) is 5.69 Å². The van der Waals surface area contributed by atoms with Crippen LogP contribution in [0.3, 0.4) is 0 Å². The topological polar surface area (TPSA) is 38.3 Å². The second-order valence-corrected chi connectivity index (χ2v) is 5.74. The second-order valence-electron chi connectivity index (χ2n) is 4.93.